The number of likely N-dealkylation sites (N-methyl/N-ethyl adjacent to an activating group) is 2. The maximum Gasteiger partial charge on any atom is 0.200 e. The molecule has 2 aromatic rings. The maximum absolute atomic E-state index is 15.2. The first kappa shape index (κ1) is 25.3. The van der Waals surface area contributed by atoms with Crippen molar-refractivity contribution in [2.24, 2.45) is 0 Å². The lowest BCUT2D eigenvalue weighted by molar-refractivity contribution is -1.07. The van der Waals surface area contributed by atoms with E-state index >= 15 is 8.78 Å². The number of halogens is 2. The third kappa shape index (κ3) is 4.80. The molecule has 0 heterocycles. The van der Waals surface area contributed by atoms with Gasteiger partial charge in [0.2, 0.25) is 11.6 Å². The van der Waals surface area contributed by atoms with Crippen LogP contribution in [0.3, 0.4) is 0 Å². The van der Waals surface area contributed by atoms with Gasteiger partial charge in [-0.2, -0.15) is 9.29 Å². The van der Waals surface area contributed by atoms with Crippen molar-refractivity contribution in [1.82, 2.24) is 0 Å². The molecule has 0 radical (unpaired) electrons. The fourth-order valence-electron chi connectivity index (χ4n) is 3.67. The molecule has 2 aromatic carbocycles. The minimum absolute atomic E-state index is 0.0457. The minimum atomic E-state index is -1.44. The number of aromatic hydroxyl groups is 2. The van der Waals surface area contributed by atoms with E-state index in [9.17, 15) is 30.2 Å². The molecule has 0 unspecified atom stereocenters. The lowest BCUT2D eigenvalue weighted by Crippen LogP contribution is -2.40. The standard InChI is InChI=1S/C22H26F2N4O6/c1-27(2,33)9-7-25-19-15-16(20(18(24)17(19)23)26-8-10-28(3,4)34)22(32)14-12(30)6-5-11(29)13(14)21(15)31/h5-6,33-34H,7-10H2,1-4H3,(H2-2,25,26,29,30,31,32)/p+2. The number of phenolic OH excluding ortho intramolecular Hbond substituents is 2. The van der Waals surface area contributed by atoms with Crippen molar-refractivity contribution in [1.29, 1.82) is 0 Å². The van der Waals surface area contributed by atoms with Gasteiger partial charge in [0.05, 0.1) is 74.9 Å². The lowest BCUT2D eigenvalue weighted by atomic mass is 9.81. The van der Waals surface area contributed by atoms with Crippen molar-refractivity contribution in [3.63, 3.8) is 0 Å². The fourth-order valence-corrected chi connectivity index (χ4v) is 3.67. The fraction of sp³-hybridized carbons (Fsp3) is 0.364. The number of phenols is 2. The highest BCUT2D eigenvalue weighted by Gasteiger charge is 2.41. The number of nitrogens with zero attached hydrogens (tertiary/aromatic N) is 2. The van der Waals surface area contributed by atoms with Gasteiger partial charge < -0.3 is 20.8 Å². The van der Waals surface area contributed by atoms with Crippen molar-refractivity contribution in [2.75, 3.05) is 65.0 Å². The summed E-state index contributed by atoms with van der Waals surface area (Å²) in [5, 5.41) is 45.4. The summed E-state index contributed by atoms with van der Waals surface area (Å²) < 4.78 is 29.4. The highest BCUT2D eigenvalue weighted by Crippen LogP contribution is 2.44. The van der Waals surface area contributed by atoms with Crippen LogP contribution in [0, 0.1) is 11.6 Å². The SMILES string of the molecule is C[N+](C)(O)CCNc1c(F)c(F)c(NCC[N+](C)(C)O)c2c1C(=O)c1c(O)ccc(O)c1C2=O. The average Bonchev–Trinajstić information content (AvgIpc) is 2.70. The second-order valence-corrected chi connectivity index (χ2v) is 9.18. The number of hydrogen-bond donors (Lipinski definition) is 6. The summed E-state index contributed by atoms with van der Waals surface area (Å²) in [6.07, 6.45) is 0. The first-order valence-corrected chi connectivity index (χ1v) is 10.4. The molecule has 0 saturated heterocycles. The van der Waals surface area contributed by atoms with Gasteiger partial charge in [-0.05, 0) is 12.1 Å². The Balaban J connectivity index is 2.22. The van der Waals surface area contributed by atoms with Crippen LogP contribution in [-0.4, -0.2) is 95.9 Å². The summed E-state index contributed by atoms with van der Waals surface area (Å²) in [6, 6.07) is 2.03. The molecular formula is C22H28F2N4O6+2. The van der Waals surface area contributed by atoms with Gasteiger partial charge in [0.1, 0.15) is 24.6 Å². The predicted octanol–water partition coefficient (Wildman–Crippen LogP) is 1.91. The molecule has 1 aliphatic carbocycles. The number of anilines is 2. The average molecular weight is 482 g/mol. The predicted molar refractivity (Wildman–Crippen MR) is 117 cm³/mol. The van der Waals surface area contributed by atoms with Crippen LogP contribution >= 0.6 is 0 Å². The van der Waals surface area contributed by atoms with Crippen LogP contribution in [0.1, 0.15) is 31.8 Å². The molecule has 0 aromatic heterocycles. The van der Waals surface area contributed by atoms with Crippen molar-refractivity contribution >= 4 is 22.9 Å². The molecule has 0 atom stereocenters. The maximum atomic E-state index is 15.2. The van der Waals surface area contributed by atoms with E-state index in [0.717, 1.165) is 12.1 Å². The summed E-state index contributed by atoms with van der Waals surface area (Å²) in [4.78, 5) is 26.8. The molecule has 0 aliphatic heterocycles. The zero-order valence-electron chi connectivity index (χ0n) is 19.2. The number of rotatable bonds is 8. The molecule has 6 N–H and O–H groups in total. The van der Waals surface area contributed by atoms with E-state index in [2.05, 4.69) is 10.6 Å². The van der Waals surface area contributed by atoms with Gasteiger partial charge in [-0.25, -0.2) is 19.2 Å². The topological polar surface area (TPSA) is 139 Å². The Bertz CT molecular complexity index is 1080. The number of nitrogens with one attached hydrogen (secondary N) is 2. The van der Waals surface area contributed by atoms with E-state index in [4.69, 9.17) is 0 Å². The second-order valence-electron chi connectivity index (χ2n) is 9.18. The van der Waals surface area contributed by atoms with Gasteiger partial charge in [0.15, 0.2) is 11.6 Å². The second kappa shape index (κ2) is 8.80. The molecule has 0 saturated carbocycles. The minimum Gasteiger partial charge on any atom is -0.507 e. The van der Waals surface area contributed by atoms with E-state index in [-0.39, 0.29) is 26.2 Å². The summed E-state index contributed by atoms with van der Waals surface area (Å²) in [5.74, 6) is -6.06. The first-order chi connectivity index (χ1) is 15.6. The summed E-state index contributed by atoms with van der Waals surface area (Å²) in [6.45, 7) is -0.0839. The zero-order valence-corrected chi connectivity index (χ0v) is 19.2. The molecule has 0 amide bonds. The quantitative estimate of drug-likeness (QED) is 0.163. The molecule has 3 rings (SSSR count). The molecule has 34 heavy (non-hydrogen) atoms. The number of hydrogen-bond acceptors (Lipinski definition) is 8. The Morgan fingerprint density at radius 2 is 1.03 bits per heavy atom. The van der Waals surface area contributed by atoms with Crippen LogP contribution < -0.4 is 10.6 Å². The van der Waals surface area contributed by atoms with Crippen LogP contribution in [0.2, 0.25) is 0 Å². The van der Waals surface area contributed by atoms with E-state index in [1.807, 2.05) is 0 Å². The van der Waals surface area contributed by atoms with Crippen LogP contribution in [0.4, 0.5) is 20.2 Å². The number of hydroxylamine groups is 6. The number of fused-ring (bicyclic) bond motifs is 2. The summed E-state index contributed by atoms with van der Waals surface area (Å²) >= 11 is 0. The van der Waals surface area contributed by atoms with Gasteiger partial charge in [-0.15, -0.1) is 0 Å². The molecule has 1 aliphatic rings. The molecule has 0 spiro atoms. The molecule has 184 valence electrons. The summed E-state index contributed by atoms with van der Waals surface area (Å²) in [5.41, 5.74) is -3.28. The number of carbonyl (C=O) groups excluding carboxylic acids is 2. The van der Waals surface area contributed by atoms with Gasteiger partial charge in [0.25, 0.3) is 0 Å². The smallest absolute Gasteiger partial charge is 0.200 e. The van der Waals surface area contributed by atoms with Crippen LogP contribution in [0.5, 0.6) is 11.5 Å². The van der Waals surface area contributed by atoms with Crippen molar-refractivity contribution in [2.45, 2.75) is 0 Å². The third-order valence-corrected chi connectivity index (χ3v) is 5.37. The number of benzene rings is 2. The molecular weight excluding hydrogens is 454 g/mol. The Morgan fingerprint density at radius 3 is 1.32 bits per heavy atom. The molecule has 10 nitrogen and oxygen atoms in total. The number of quaternary nitrogens is 2. The van der Waals surface area contributed by atoms with Crippen molar-refractivity contribution < 1.29 is 48.3 Å². The first-order valence-electron chi connectivity index (χ1n) is 10.4. The number of ketones is 2. The Kier molecular flexibility index (Phi) is 6.55. The zero-order chi connectivity index (χ0) is 25.6. The van der Waals surface area contributed by atoms with E-state index < -0.39 is 77.6 Å². The largest absolute Gasteiger partial charge is 0.507 e. The third-order valence-electron chi connectivity index (χ3n) is 5.37. The van der Waals surface area contributed by atoms with Gasteiger partial charge in [-0.1, -0.05) is 0 Å². The molecule has 0 bridgehead atoms. The monoisotopic (exact) mass is 482 g/mol. The van der Waals surface area contributed by atoms with E-state index in [1.165, 1.54) is 28.2 Å². The van der Waals surface area contributed by atoms with Crippen molar-refractivity contribution in [3.05, 3.63) is 46.0 Å². The highest BCUT2D eigenvalue weighted by atomic mass is 19.2. The van der Waals surface area contributed by atoms with E-state index in [1.54, 1.807) is 0 Å². The Morgan fingerprint density at radius 1 is 0.706 bits per heavy atom. The lowest BCUT2D eigenvalue weighted by Gasteiger charge is -2.27. The van der Waals surface area contributed by atoms with Crippen LogP contribution in [0.25, 0.3) is 0 Å². The van der Waals surface area contributed by atoms with Crippen LogP contribution in [-0.2, 0) is 0 Å². The van der Waals surface area contributed by atoms with Gasteiger partial charge in [-0.3, -0.25) is 9.59 Å². The summed E-state index contributed by atoms with van der Waals surface area (Å²) in [7, 11) is 5.81. The Hall–Kier alpha value is -3.32. The van der Waals surface area contributed by atoms with E-state index in [0.29, 0.717) is 0 Å². The van der Waals surface area contributed by atoms with Crippen molar-refractivity contribution in [3.8, 4) is 11.5 Å². The molecule has 12 heteroatoms. The van der Waals surface area contributed by atoms with Gasteiger partial charge >= 0.3 is 0 Å². The van der Waals surface area contributed by atoms with Gasteiger partial charge in [0, 0.05) is 0 Å². The highest BCUT2D eigenvalue weighted by molar-refractivity contribution is 6.33. The molecule has 0 fully saturated rings. The normalized spacial score (nSPS) is 13.5. The Labute approximate surface area is 194 Å². The number of carbonyl (C=O) groups is 2. The van der Waals surface area contributed by atoms with Crippen LogP contribution in [0.15, 0.2) is 12.1 Å².